The second-order valence-electron chi connectivity index (χ2n) is 6.28. The second kappa shape index (κ2) is 6.91. The van der Waals surface area contributed by atoms with Gasteiger partial charge in [0, 0.05) is 12.2 Å². The molecular formula is C17H24N6. The lowest BCUT2D eigenvalue weighted by Crippen LogP contribution is -2.37. The summed E-state index contributed by atoms with van der Waals surface area (Å²) in [5.74, 6) is 2.19. The van der Waals surface area contributed by atoms with E-state index in [0.717, 1.165) is 24.6 Å². The lowest BCUT2D eigenvalue weighted by molar-refractivity contribution is 0.134. The number of para-hydroxylation sites is 1. The fourth-order valence-corrected chi connectivity index (χ4v) is 3.04. The quantitative estimate of drug-likeness (QED) is 0.903. The summed E-state index contributed by atoms with van der Waals surface area (Å²) in [7, 11) is 0. The SMILES string of the molecule is CC1CCCN(C(C)c2nc(N)nc(Nc3ccccc3)n2)C1. The van der Waals surface area contributed by atoms with Crippen molar-refractivity contribution in [2.45, 2.75) is 32.7 Å². The highest BCUT2D eigenvalue weighted by atomic mass is 15.2. The minimum atomic E-state index is 0.138. The van der Waals surface area contributed by atoms with Crippen LogP contribution in [0.5, 0.6) is 0 Å². The first-order chi connectivity index (χ1) is 11.1. The number of benzene rings is 1. The Labute approximate surface area is 137 Å². The minimum Gasteiger partial charge on any atom is -0.368 e. The molecule has 1 aliphatic heterocycles. The zero-order valence-electron chi connectivity index (χ0n) is 13.7. The molecule has 23 heavy (non-hydrogen) atoms. The van der Waals surface area contributed by atoms with Crippen LogP contribution in [0.1, 0.15) is 38.6 Å². The van der Waals surface area contributed by atoms with Crippen LogP contribution in [0, 0.1) is 5.92 Å². The molecule has 0 bridgehead atoms. The molecule has 3 N–H and O–H groups in total. The number of nitrogens with zero attached hydrogens (tertiary/aromatic N) is 4. The van der Waals surface area contributed by atoms with Gasteiger partial charge in [0.2, 0.25) is 11.9 Å². The van der Waals surface area contributed by atoms with E-state index in [2.05, 4.69) is 39.0 Å². The van der Waals surface area contributed by atoms with Gasteiger partial charge in [-0.2, -0.15) is 15.0 Å². The second-order valence-corrected chi connectivity index (χ2v) is 6.28. The van der Waals surface area contributed by atoms with E-state index in [1.54, 1.807) is 0 Å². The van der Waals surface area contributed by atoms with Crippen LogP contribution >= 0.6 is 0 Å². The third-order valence-corrected chi connectivity index (χ3v) is 4.31. The summed E-state index contributed by atoms with van der Waals surface area (Å²) >= 11 is 0. The van der Waals surface area contributed by atoms with Gasteiger partial charge >= 0.3 is 0 Å². The minimum absolute atomic E-state index is 0.138. The van der Waals surface area contributed by atoms with Gasteiger partial charge in [0.25, 0.3) is 0 Å². The Morgan fingerprint density at radius 3 is 2.74 bits per heavy atom. The van der Waals surface area contributed by atoms with Crippen molar-refractivity contribution >= 4 is 17.6 Å². The van der Waals surface area contributed by atoms with Crippen molar-refractivity contribution in [2.24, 2.45) is 5.92 Å². The van der Waals surface area contributed by atoms with Crippen molar-refractivity contribution in [1.82, 2.24) is 19.9 Å². The molecule has 0 spiro atoms. The average molecular weight is 312 g/mol. The molecule has 2 aromatic rings. The molecule has 2 atom stereocenters. The largest absolute Gasteiger partial charge is 0.368 e. The molecule has 1 fully saturated rings. The summed E-state index contributed by atoms with van der Waals surface area (Å²) in [6.45, 7) is 6.59. The smallest absolute Gasteiger partial charge is 0.232 e. The van der Waals surface area contributed by atoms with Gasteiger partial charge < -0.3 is 11.1 Å². The van der Waals surface area contributed by atoms with Gasteiger partial charge in [0.1, 0.15) is 0 Å². The Kier molecular flexibility index (Phi) is 4.71. The number of hydrogen-bond donors (Lipinski definition) is 2. The molecule has 6 nitrogen and oxygen atoms in total. The Morgan fingerprint density at radius 1 is 1.22 bits per heavy atom. The predicted molar refractivity (Wildman–Crippen MR) is 92.4 cm³/mol. The highest BCUT2D eigenvalue weighted by Crippen LogP contribution is 2.25. The Hall–Kier alpha value is -2.21. The maximum absolute atomic E-state index is 5.89. The fraction of sp³-hybridized carbons (Fsp3) is 0.471. The standard InChI is InChI=1S/C17H24N6/c1-12-7-6-10-23(11-12)13(2)15-20-16(18)22-17(21-15)19-14-8-4-3-5-9-14/h3-5,8-9,12-13H,6-7,10-11H2,1-2H3,(H3,18,19,20,21,22). The van der Waals surface area contributed by atoms with E-state index in [4.69, 9.17) is 5.73 Å². The number of nitrogens with one attached hydrogen (secondary N) is 1. The van der Waals surface area contributed by atoms with E-state index in [-0.39, 0.29) is 12.0 Å². The maximum Gasteiger partial charge on any atom is 0.232 e. The zero-order valence-corrected chi connectivity index (χ0v) is 13.7. The zero-order chi connectivity index (χ0) is 16.2. The number of nitrogen functional groups attached to an aromatic ring is 1. The van der Waals surface area contributed by atoms with E-state index in [0.29, 0.717) is 11.9 Å². The van der Waals surface area contributed by atoms with Crippen molar-refractivity contribution in [3.63, 3.8) is 0 Å². The molecule has 1 aliphatic rings. The number of rotatable bonds is 4. The van der Waals surface area contributed by atoms with Crippen LogP contribution in [-0.2, 0) is 0 Å². The highest BCUT2D eigenvalue weighted by Gasteiger charge is 2.24. The van der Waals surface area contributed by atoms with E-state index in [9.17, 15) is 0 Å². The van der Waals surface area contributed by atoms with Crippen molar-refractivity contribution in [3.05, 3.63) is 36.2 Å². The average Bonchev–Trinajstić information content (AvgIpc) is 2.54. The normalized spacial score (nSPS) is 20.2. The summed E-state index contributed by atoms with van der Waals surface area (Å²) in [5, 5.41) is 3.19. The first-order valence-electron chi connectivity index (χ1n) is 8.19. The highest BCUT2D eigenvalue weighted by molar-refractivity contribution is 5.53. The van der Waals surface area contributed by atoms with Crippen LogP contribution in [0.25, 0.3) is 0 Å². The Bertz CT molecular complexity index is 645. The van der Waals surface area contributed by atoms with Crippen LogP contribution in [-0.4, -0.2) is 32.9 Å². The third kappa shape index (κ3) is 3.96. The first-order valence-corrected chi connectivity index (χ1v) is 8.19. The number of nitrogens with two attached hydrogens (primary N) is 1. The molecule has 1 aromatic carbocycles. The van der Waals surface area contributed by atoms with Gasteiger partial charge in [-0.05, 0) is 44.4 Å². The van der Waals surface area contributed by atoms with Crippen LogP contribution < -0.4 is 11.1 Å². The van der Waals surface area contributed by atoms with Crippen LogP contribution in [0.3, 0.4) is 0 Å². The van der Waals surface area contributed by atoms with E-state index >= 15 is 0 Å². The first kappa shape index (κ1) is 15.7. The lowest BCUT2D eigenvalue weighted by atomic mass is 9.99. The Balaban J connectivity index is 1.79. The van der Waals surface area contributed by atoms with E-state index in [1.165, 1.54) is 12.8 Å². The molecule has 3 rings (SSSR count). The van der Waals surface area contributed by atoms with Crippen molar-refractivity contribution in [1.29, 1.82) is 0 Å². The molecule has 122 valence electrons. The van der Waals surface area contributed by atoms with Gasteiger partial charge in [-0.15, -0.1) is 0 Å². The van der Waals surface area contributed by atoms with Crippen LogP contribution in [0.15, 0.2) is 30.3 Å². The van der Waals surface area contributed by atoms with Crippen LogP contribution in [0.2, 0.25) is 0 Å². The number of aromatic nitrogens is 3. The van der Waals surface area contributed by atoms with Gasteiger partial charge in [-0.1, -0.05) is 25.1 Å². The van der Waals surface area contributed by atoms with Gasteiger partial charge in [0.05, 0.1) is 6.04 Å². The number of anilines is 3. The van der Waals surface area contributed by atoms with E-state index < -0.39 is 0 Å². The van der Waals surface area contributed by atoms with Gasteiger partial charge in [-0.25, -0.2) is 0 Å². The van der Waals surface area contributed by atoms with Gasteiger partial charge in [0.15, 0.2) is 5.82 Å². The molecule has 2 heterocycles. The van der Waals surface area contributed by atoms with Crippen molar-refractivity contribution < 1.29 is 0 Å². The maximum atomic E-state index is 5.89. The summed E-state index contributed by atoms with van der Waals surface area (Å²) < 4.78 is 0. The Morgan fingerprint density at radius 2 is 2.00 bits per heavy atom. The van der Waals surface area contributed by atoms with Crippen molar-refractivity contribution in [2.75, 3.05) is 24.1 Å². The monoisotopic (exact) mass is 312 g/mol. The molecule has 2 unspecified atom stereocenters. The summed E-state index contributed by atoms with van der Waals surface area (Å²) in [6, 6.07) is 9.97. The molecule has 1 saturated heterocycles. The number of piperidine rings is 1. The fourth-order valence-electron chi connectivity index (χ4n) is 3.04. The molecular weight excluding hydrogens is 288 g/mol. The topological polar surface area (TPSA) is 80.0 Å². The number of likely N-dealkylation sites (tertiary alicyclic amines) is 1. The third-order valence-electron chi connectivity index (χ3n) is 4.31. The summed E-state index contributed by atoms with van der Waals surface area (Å²) in [5.41, 5.74) is 6.82. The molecule has 1 aromatic heterocycles. The van der Waals surface area contributed by atoms with Gasteiger partial charge in [-0.3, -0.25) is 4.90 Å². The number of hydrogen-bond acceptors (Lipinski definition) is 6. The lowest BCUT2D eigenvalue weighted by Gasteiger charge is -2.34. The van der Waals surface area contributed by atoms with Crippen LogP contribution in [0.4, 0.5) is 17.6 Å². The molecule has 0 saturated carbocycles. The summed E-state index contributed by atoms with van der Waals surface area (Å²) in [6.07, 6.45) is 2.52. The van der Waals surface area contributed by atoms with E-state index in [1.807, 2.05) is 30.3 Å². The summed E-state index contributed by atoms with van der Waals surface area (Å²) in [4.78, 5) is 15.5. The molecule has 0 amide bonds. The molecule has 0 aliphatic carbocycles. The molecule has 6 heteroatoms. The predicted octanol–water partition coefficient (Wildman–Crippen LogP) is 2.99. The van der Waals surface area contributed by atoms with Crippen molar-refractivity contribution in [3.8, 4) is 0 Å². The molecule has 0 radical (unpaired) electrons.